The lowest BCUT2D eigenvalue weighted by Crippen LogP contribution is -2.39. The molecule has 0 bridgehead atoms. The van der Waals surface area contributed by atoms with Crippen molar-refractivity contribution in [3.8, 4) is 11.3 Å². The van der Waals surface area contributed by atoms with Crippen molar-refractivity contribution in [2.75, 3.05) is 18.0 Å². The van der Waals surface area contributed by atoms with E-state index in [9.17, 15) is 9.90 Å². The number of carboxylic acid groups (broad SMARTS) is 1. The van der Waals surface area contributed by atoms with E-state index in [0.29, 0.717) is 18.0 Å². The van der Waals surface area contributed by atoms with Crippen molar-refractivity contribution in [2.45, 2.75) is 12.8 Å². The molecule has 128 valence electrons. The van der Waals surface area contributed by atoms with Crippen LogP contribution in [-0.2, 0) is 4.79 Å². The Hall–Kier alpha value is -2.60. The minimum Gasteiger partial charge on any atom is -0.481 e. The predicted molar refractivity (Wildman–Crippen MR) is 96.0 cm³/mol. The molecule has 1 N–H and O–H groups in total. The van der Waals surface area contributed by atoms with Crippen molar-refractivity contribution in [3.63, 3.8) is 0 Å². The molecule has 0 saturated carbocycles. The molecule has 0 aliphatic carbocycles. The quantitative estimate of drug-likeness (QED) is 0.779. The van der Waals surface area contributed by atoms with Gasteiger partial charge in [-0.25, -0.2) is 9.50 Å². The van der Waals surface area contributed by atoms with Crippen LogP contribution in [0.4, 0.5) is 5.82 Å². The third-order valence-corrected chi connectivity index (χ3v) is 4.83. The largest absolute Gasteiger partial charge is 0.481 e. The third-order valence-electron chi connectivity index (χ3n) is 4.58. The highest BCUT2D eigenvalue weighted by molar-refractivity contribution is 6.30. The molecule has 3 heterocycles. The van der Waals surface area contributed by atoms with Crippen molar-refractivity contribution in [1.82, 2.24) is 14.6 Å². The van der Waals surface area contributed by atoms with Gasteiger partial charge in [-0.2, -0.15) is 5.10 Å². The lowest BCUT2D eigenvalue weighted by atomic mass is 9.98. The summed E-state index contributed by atoms with van der Waals surface area (Å²) in [4.78, 5) is 17.9. The first-order chi connectivity index (χ1) is 12.1. The van der Waals surface area contributed by atoms with Crippen LogP contribution in [0.1, 0.15) is 12.8 Å². The van der Waals surface area contributed by atoms with Crippen molar-refractivity contribution in [2.24, 2.45) is 5.92 Å². The molecule has 0 radical (unpaired) electrons. The van der Waals surface area contributed by atoms with Gasteiger partial charge in [0.2, 0.25) is 0 Å². The smallest absolute Gasteiger partial charge is 0.308 e. The topological polar surface area (TPSA) is 70.7 Å². The standard InChI is InChI=1S/C18H17ClN4O2/c19-14-5-3-12(4-6-14)15-10-16-17(20-7-9-23(16)21-15)22-8-1-2-13(11-22)18(24)25/h3-7,9-10,13H,1-2,8,11H2,(H,24,25). The van der Waals surface area contributed by atoms with E-state index in [1.165, 1.54) is 0 Å². The number of anilines is 1. The van der Waals surface area contributed by atoms with Crippen LogP contribution in [0, 0.1) is 5.92 Å². The van der Waals surface area contributed by atoms with Crippen LogP contribution in [0.3, 0.4) is 0 Å². The highest BCUT2D eigenvalue weighted by Crippen LogP contribution is 2.28. The molecule has 1 aromatic carbocycles. The fourth-order valence-electron chi connectivity index (χ4n) is 3.28. The summed E-state index contributed by atoms with van der Waals surface area (Å²) in [5.74, 6) is -0.317. The minimum absolute atomic E-state index is 0.352. The number of aliphatic carboxylic acids is 1. The summed E-state index contributed by atoms with van der Waals surface area (Å²) in [6.07, 6.45) is 5.06. The summed E-state index contributed by atoms with van der Waals surface area (Å²) < 4.78 is 1.79. The van der Waals surface area contributed by atoms with Gasteiger partial charge >= 0.3 is 5.97 Å². The van der Waals surface area contributed by atoms with Gasteiger partial charge in [-0.3, -0.25) is 4.79 Å². The van der Waals surface area contributed by atoms with Gasteiger partial charge in [0.25, 0.3) is 0 Å². The molecule has 1 unspecified atom stereocenters. The van der Waals surface area contributed by atoms with E-state index in [2.05, 4.69) is 10.1 Å². The predicted octanol–water partition coefficient (Wildman–Crippen LogP) is 3.35. The minimum atomic E-state index is -0.744. The van der Waals surface area contributed by atoms with E-state index >= 15 is 0 Å². The maximum atomic E-state index is 11.3. The normalized spacial score (nSPS) is 17.8. The van der Waals surface area contributed by atoms with Crippen molar-refractivity contribution in [3.05, 3.63) is 47.7 Å². The van der Waals surface area contributed by atoms with Gasteiger partial charge < -0.3 is 10.0 Å². The number of fused-ring (bicyclic) bond motifs is 1. The molecule has 7 heteroatoms. The van der Waals surface area contributed by atoms with Gasteiger partial charge in [-0.05, 0) is 31.0 Å². The maximum Gasteiger partial charge on any atom is 0.308 e. The number of piperidine rings is 1. The Labute approximate surface area is 149 Å². The average Bonchev–Trinajstić information content (AvgIpc) is 3.06. The lowest BCUT2D eigenvalue weighted by Gasteiger charge is -2.31. The van der Waals surface area contributed by atoms with Crippen LogP contribution < -0.4 is 4.90 Å². The fraction of sp³-hybridized carbons (Fsp3) is 0.278. The van der Waals surface area contributed by atoms with Crippen molar-refractivity contribution < 1.29 is 9.90 Å². The third kappa shape index (κ3) is 3.05. The van der Waals surface area contributed by atoms with Gasteiger partial charge in [0.15, 0.2) is 5.82 Å². The molecule has 1 atom stereocenters. The van der Waals surface area contributed by atoms with E-state index in [-0.39, 0.29) is 5.92 Å². The Kier molecular flexibility index (Phi) is 4.05. The van der Waals surface area contributed by atoms with Crippen LogP contribution in [0.5, 0.6) is 0 Å². The molecule has 1 saturated heterocycles. The second-order valence-corrected chi connectivity index (χ2v) is 6.68. The van der Waals surface area contributed by atoms with Crippen LogP contribution in [-0.4, -0.2) is 38.8 Å². The van der Waals surface area contributed by atoms with E-state index in [0.717, 1.165) is 35.6 Å². The number of hydrogen-bond acceptors (Lipinski definition) is 4. The molecule has 2 aromatic heterocycles. The molecule has 4 rings (SSSR count). The van der Waals surface area contributed by atoms with Gasteiger partial charge in [-0.1, -0.05) is 23.7 Å². The van der Waals surface area contributed by atoms with E-state index in [1.54, 1.807) is 16.9 Å². The second kappa shape index (κ2) is 6.37. The Morgan fingerprint density at radius 1 is 1.28 bits per heavy atom. The molecule has 1 fully saturated rings. The number of aromatic nitrogens is 3. The number of carboxylic acids is 1. The number of rotatable bonds is 3. The molecular formula is C18H17ClN4O2. The van der Waals surface area contributed by atoms with Gasteiger partial charge in [0, 0.05) is 36.1 Å². The van der Waals surface area contributed by atoms with Crippen LogP contribution in [0.15, 0.2) is 42.7 Å². The number of nitrogens with zero attached hydrogens (tertiary/aromatic N) is 4. The monoisotopic (exact) mass is 356 g/mol. The summed E-state index contributed by atoms with van der Waals surface area (Å²) in [5.41, 5.74) is 2.68. The summed E-state index contributed by atoms with van der Waals surface area (Å²) >= 11 is 5.95. The first-order valence-corrected chi connectivity index (χ1v) is 8.58. The number of halogens is 1. The average molecular weight is 357 g/mol. The van der Waals surface area contributed by atoms with Crippen LogP contribution in [0.2, 0.25) is 5.02 Å². The first-order valence-electron chi connectivity index (χ1n) is 8.20. The molecule has 3 aromatic rings. The van der Waals surface area contributed by atoms with Gasteiger partial charge in [0.1, 0.15) is 5.52 Å². The van der Waals surface area contributed by atoms with Crippen LogP contribution >= 0.6 is 11.6 Å². The molecule has 0 amide bonds. The zero-order chi connectivity index (χ0) is 17.4. The summed E-state index contributed by atoms with van der Waals surface area (Å²) in [5, 5.41) is 14.6. The summed E-state index contributed by atoms with van der Waals surface area (Å²) in [6.45, 7) is 1.28. The van der Waals surface area contributed by atoms with Gasteiger partial charge in [0.05, 0.1) is 11.6 Å². The van der Waals surface area contributed by atoms with Gasteiger partial charge in [-0.15, -0.1) is 0 Å². The molecule has 1 aliphatic rings. The maximum absolute atomic E-state index is 11.3. The first kappa shape index (κ1) is 15.9. The molecular weight excluding hydrogens is 340 g/mol. The number of hydrogen-bond donors (Lipinski definition) is 1. The highest BCUT2D eigenvalue weighted by Gasteiger charge is 2.27. The number of benzene rings is 1. The van der Waals surface area contributed by atoms with E-state index < -0.39 is 5.97 Å². The summed E-state index contributed by atoms with van der Waals surface area (Å²) in [7, 11) is 0. The summed E-state index contributed by atoms with van der Waals surface area (Å²) in [6, 6.07) is 9.51. The van der Waals surface area contributed by atoms with Crippen molar-refractivity contribution in [1.29, 1.82) is 0 Å². The zero-order valence-electron chi connectivity index (χ0n) is 13.5. The number of carbonyl (C=O) groups is 1. The Morgan fingerprint density at radius 2 is 2.08 bits per heavy atom. The Balaban J connectivity index is 1.72. The zero-order valence-corrected chi connectivity index (χ0v) is 14.2. The van der Waals surface area contributed by atoms with Crippen LogP contribution in [0.25, 0.3) is 16.8 Å². The van der Waals surface area contributed by atoms with Crippen molar-refractivity contribution >= 4 is 28.9 Å². The van der Waals surface area contributed by atoms with E-state index in [1.807, 2.05) is 35.2 Å². The molecule has 1 aliphatic heterocycles. The highest BCUT2D eigenvalue weighted by atomic mass is 35.5. The molecule has 6 nitrogen and oxygen atoms in total. The fourth-order valence-corrected chi connectivity index (χ4v) is 3.41. The second-order valence-electron chi connectivity index (χ2n) is 6.24. The SMILES string of the molecule is O=C(O)C1CCCN(c2nccn3nc(-c4ccc(Cl)cc4)cc23)C1. The Bertz CT molecular complexity index is 922. The molecule has 0 spiro atoms. The molecule has 25 heavy (non-hydrogen) atoms. The van der Waals surface area contributed by atoms with E-state index in [4.69, 9.17) is 11.6 Å². The lowest BCUT2D eigenvalue weighted by molar-refractivity contribution is -0.141. The Morgan fingerprint density at radius 3 is 2.84 bits per heavy atom.